The van der Waals surface area contributed by atoms with E-state index in [0.717, 1.165) is 55.8 Å². The Bertz CT molecular complexity index is 1320. The molecule has 4 aromatic rings. The van der Waals surface area contributed by atoms with Gasteiger partial charge in [-0.1, -0.05) is 0 Å². The van der Waals surface area contributed by atoms with E-state index in [2.05, 4.69) is 30.3 Å². The van der Waals surface area contributed by atoms with E-state index >= 15 is 0 Å². The third kappa shape index (κ3) is 3.88. The minimum Gasteiger partial charge on any atom is -0.379 e. The van der Waals surface area contributed by atoms with Crippen molar-refractivity contribution in [1.82, 2.24) is 34.0 Å². The van der Waals surface area contributed by atoms with Crippen molar-refractivity contribution in [2.45, 2.75) is 44.8 Å². The maximum Gasteiger partial charge on any atom is 0.256 e. The van der Waals surface area contributed by atoms with Gasteiger partial charge in [0.05, 0.1) is 37.0 Å². The highest BCUT2D eigenvalue weighted by molar-refractivity contribution is 5.85. The van der Waals surface area contributed by atoms with Gasteiger partial charge in [0.25, 0.3) is 6.43 Å². The van der Waals surface area contributed by atoms with Gasteiger partial charge in [-0.25, -0.2) is 28.2 Å². The van der Waals surface area contributed by atoms with Gasteiger partial charge < -0.3 is 14.6 Å². The Kier molecular flexibility index (Phi) is 5.37. The van der Waals surface area contributed by atoms with Gasteiger partial charge in [0.15, 0.2) is 5.65 Å². The number of rotatable bonds is 6. The molecule has 1 aliphatic heterocycles. The van der Waals surface area contributed by atoms with Crippen LogP contribution in [0.2, 0.25) is 0 Å². The van der Waals surface area contributed by atoms with Crippen LogP contribution in [0, 0.1) is 6.92 Å². The van der Waals surface area contributed by atoms with E-state index in [1.165, 1.54) is 4.57 Å². The van der Waals surface area contributed by atoms with E-state index in [1.54, 1.807) is 23.8 Å². The molecule has 1 saturated carbocycles. The zero-order chi connectivity index (χ0) is 23.2. The second-order valence-electron chi connectivity index (χ2n) is 8.98. The van der Waals surface area contributed by atoms with Crippen LogP contribution < -0.4 is 5.32 Å². The van der Waals surface area contributed by atoms with E-state index < -0.39 is 13.0 Å². The van der Waals surface area contributed by atoms with Crippen LogP contribution in [-0.2, 0) is 11.3 Å². The number of imidazole rings is 1. The first kappa shape index (κ1) is 21.4. The lowest BCUT2D eigenvalue weighted by Gasteiger charge is -2.44. The molecule has 0 aromatic carbocycles. The van der Waals surface area contributed by atoms with Gasteiger partial charge in [0, 0.05) is 48.7 Å². The first-order valence-corrected chi connectivity index (χ1v) is 11.6. The molecule has 34 heavy (non-hydrogen) atoms. The maximum absolute atomic E-state index is 13.1. The van der Waals surface area contributed by atoms with Gasteiger partial charge >= 0.3 is 0 Å². The molecule has 0 radical (unpaired) electrons. The monoisotopic (exact) mass is 468 g/mol. The van der Waals surface area contributed by atoms with Crippen molar-refractivity contribution in [2.24, 2.45) is 0 Å². The fraction of sp³-hybridized carbons (Fsp3) is 0.478. The van der Waals surface area contributed by atoms with Crippen LogP contribution >= 0.6 is 0 Å². The zero-order valence-electron chi connectivity index (χ0n) is 18.9. The third-order valence-electron chi connectivity index (χ3n) is 6.85. The number of halogens is 2. The summed E-state index contributed by atoms with van der Waals surface area (Å²) in [4.78, 5) is 15.8. The molecule has 5 heterocycles. The van der Waals surface area contributed by atoms with Crippen LogP contribution in [0.4, 0.5) is 14.7 Å². The number of alkyl halides is 2. The highest BCUT2D eigenvalue weighted by Crippen LogP contribution is 2.30. The first-order valence-electron chi connectivity index (χ1n) is 11.6. The summed E-state index contributed by atoms with van der Waals surface area (Å²) in [5, 5.41) is 8.07. The quantitative estimate of drug-likeness (QED) is 0.466. The molecule has 6 rings (SSSR count). The minimum atomic E-state index is -2.46. The van der Waals surface area contributed by atoms with E-state index in [9.17, 15) is 8.78 Å². The highest BCUT2D eigenvalue weighted by atomic mass is 19.3. The molecule has 0 unspecified atom stereocenters. The number of nitrogens with one attached hydrogen (secondary N) is 1. The van der Waals surface area contributed by atoms with E-state index in [0.29, 0.717) is 35.0 Å². The summed E-state index contributed by atoms with van der Waals surface area (Å²) in [6, 6.07) is 4.76. The first-order chi connectivity index (χ1) is 16.5. The number of fused-ring (bicyclic) bond motifs is 2. The molecule has 2 fully saturated rings. The number of hydrogen-bond donors (Lipinski definition) is 1. The van der Waals surface area contributed by atoms with Crippen LogP contribution in [0.1, 0.15) is 18.7 Å². The summed E-state index contributed by atoms with van der Waals surface area (Å²) in [6.45, 7) is 4.97. The number of pyridine rings is 1. The number of hydrogen-bond acceptors (Lipinski definition) is 7. The van der Waals surface area contributed by atoms with Crippen molar-refractivity contribution >= 4 is 22.6 Å². The topological polar surface area (TPSA) is 85.4 Å². The molecule has 0 atom stereocenters. The highest BCUT2D eigenvalue weighted by Gasteiger charge is 2.34. The Hall–Kier alpha value is -3.18. The van der Waals surface area contributed by atoms with Gasteiger partial charge in [-0.15, -0.1) is 5.10 Å². The Morgan fingerprint density at radius 1 is 1.15 bits per heavy atom. The molecule has 0 spiro atoms. The Balaban J connectivity index is 1.20. The fourth-order valence-corrected chi connectivity index (χ4v) is 4.97. The second-order valence-corrected chi connectivity index (χ2v) is 8.98. The van der Waals surface area contributed by atoms with Gasteiger partial charge in [-0.3, -0.25) is 4.90 Å². The fourth-order valence-electron chi connectivity index (χ4n) is 4.97. The normalized spacial score (nSPS) is 21.4. The molecule has 178 valence electrons. The molecule has 1 N–H and O–H groups in total. The van der Waals surface area contributed by atoms with Crippen LogP contribution in [0.5, 0.6) is 0 Å². The summed E-state index contributed by atoms with van der Waals surface area (Å²) < 4.78 is 34.9. The van der Waals surface area contributed by atoms with E-state index in [1.807, 2.05) is 18.3 Å². The molecule has 0 amide bonds. The zero-order valence-corrected chi connectivity index (χ0v) is 18.9. The summed E-state index contributed by atoms with van der Waals surface area (Å²) in [5.41, 5.74) is 3.57. The summed E-state index contributed by atoms with van der Waals surface area (Å²) >= 11 is 0. The average Bonchev–Trinajstić information content (AvgIpc) is 3.36. The average molecular weight is 469 g/mol. The van der Waals surface area contributed by atoms with Crippen molar-refractivity contribution < 1.29 is 13.5 Å². The summed E-state index contributed by atoms with van der Waals surface area (Å²) in [5.74, 6) is 1.12. The molecule has 11 heteroatoms. The Morgan fingerprint density at radius 2 is 1.97 bits per heavy atom. The van der Waals surface area contributed by atoms with Gasteiger partial charge in [0.2, 0.25) is 5.95 Å². The molecule has 1 aliphatic carbocycles. The van der Waals surface area contributed by atoms with Crippen molar-refractivity contribution in [1.29, 1.82) is 0 Å². The smallest absolute Gasteiger partial charge is 0.256 e. The second kappa shape index (κ2) is 8.55. The number of morpholine rings is 1. The summed E-state index contributed by atoms with van der Waals surface area (Å²) in [7, 11) is 0. The van der Waals surface area contributed by atoms with Gasteiger partial charge in [0.1, 0.15) is 5.82 Å². The SMILES string of the molecule is Cc1nc2ncc(-c3ccn4nc(NC5CC(N6CCOCC6)C5)ncc34)cc2n1CC(F)F. The van der Waals surface area contributed by atoms with E-state index in [-0.39, 0.29) is 0 Å². The number of aryl methyl sites for hydroxylation is 1. The Labute approximate surface area is 194 Å². The van der Waals surface area contributed by atoms with E-state index in [4.69, 9.17) is 4.74 Å². The molecule has 0 bridgehead atoms. The standard InChI is InChI=1S/C23H26F2N8O/c1-14-28-22-19(32(14)13-21(24)25)8-15(11-26-22)18-2-3-33-20(18)12-27-23(30-33)29-16-9-17(10-16)31-4-6-34-7-5-31/h2-3,8,11-12,16-17,21H,4-7,9-10,13H2,1H3,(H,29,30). The molecular formula is C23H26F2N8O. The minimum absolute atomic E-state index is 0.366. The molecule has 2 aliphatic rings. The van der Waals surface area contributed by atoms with Crippen LogP contribution in [0.15, 0.2) is 30.7 Å². The lowest BCUT2D eigenvalue weighted by molar-refractivity contribution is -0.00443. The number of anilines is 1. The van der Waals surface area contributed by atoms with Crippen molar-refractivity contribution in [3.8, 4) is 11.1 Å². The Morgan fingerprint density at radius 3 is 2.76 bits per heavy atom. The number of nitrogens with zero attached hydrogens (tertiary/aromatic N) is 7. The molecule has 1 saturated heterocycles. The number of aromatic nitrogens is 6. The van der Waals surface area contributed by atoms with Crippen LogP contribution in [0.25, 0.3) is 27.8 Å². The largest absolute Gasteiger partial charge is 0.379 e. The predicted molar refractivity (Wildman–Crippen MR) is 123 cm³/mol. The lowest BCUT2D eigenvalue weighted by atomic mass is 9.85. The van der Waals surface area contributed by atoms with Crippen molar-refractivity contribution in [3.05, 3.63) is 36.5 Å². The third-order valence-corrected chi connectivity index (χ3v) is 6.85. The predicted octanol–water partition coefficient (Wildman–Crippen LogP) is 2.99. The van der Waals surface area contributed by atoms with Crippen LogP contribution in [0.3, 0.4) is 0 Å². The molecular weight excluding hydrogens is 442 g/mol. The maximum atomic E-state index is 13.1. The van der Waals surface area contributed by atoms with Crippen molar-refractivity contribution in [3.63, 3.8) is 0 Å². The summed E-state index contributed by atoms with van der Waals surface area (Å²) in [6.07, 6.45) is 5.07. The van der Waals surface area contributed by atoms with Gasteiger partial charge in [-0.2, -0.15) is 0 Å². The number of ether oxygens (including phenoxy) is 1. The van der Waals surface area contributed by atoms with Crippen molar-refractivity contribution in [2.75, 3.05) is 31.6 Å². The molecule has 9 nitrogen and oxygen atoms in total. The molecule has 4 aromatic heterocycles. The van der Waals surface area contributed by atoms with Gasteiger partial charge in [-0.05, 0) is 31.9 Å². The van der Waals surface area contributed by atoms with Crippen LogP contribution in [-0.4, -0.2) is 78.8 Å². The lowest BCUT2D eigenvalue weighted by Crippen LogP contribution is -2.53.